The molecule has 0 saturated carbocycles. The van der Waals surface area contributed by atoms with Gasteiger partial charge >= 0.3 is 0 Å². The van der Waals surface area contributed by atoms with E-state index in [1.54, 1.807) is 12.2 Å². The number of carbonyl (C=O) groups excluding carboxylic acids is 1. The molecule has 1 fully saturated rings. The number of thiocarbonyl (C=S) groups is 1. The molecule has 0 radical (unpaired) electrons. The second-order valence-electron chi connectivity index (χ2n) is 7.04. The molecule has 0 aromatic carbocycles. The van der Waals surface area contributed by atoms with Gasteiger partial charge in [-0.3, -0.25) is 14.7 Å². The van der Waals surface area contributed by atoms with E-state index < -0.39 is 56.0 Å². The van der Waals surface area contributed by atoms with Gasteiger partial charge in [-0.15, -0.1) is 0 Å². The monoisotopic (exact) mass is 457 g/mol. The van der Waals surface area contributed by atoms with Crippen molar-refractivity contribution in [3.8, 4) is 0 Å². The molecule has 0 bridgehead atoms. The number of imidazole rings is 1. The highest BCUT2D eigenvalue weighted by atomic mass is 32.1. The molecule has 0 spiro atoms. The average Bonchev–Trinajstić information content (AvgIpc) is 3.31. The van der Waals surface area contributed by atoms with Crippen molar-refractivity contribution in [1.29, 1.82) is 0 Å². The third-order valence-corrected chi connectivity index (χ3v) is 5.20. The molecule has 4 unspecified atom stereocenters. The maximum Gasteiger partial charge on any atom is 0.239 e. The number of aliphatic hydroxyl groups is 4. The summed E-state index contributed by atoms with van der Waals surface area (Å²) in [6.07, 6.45) is 0.172. The molecule has 2 aliphatic heterocycles. The minimum absolute atomic E-state index is 0.264. The molecule has 1 aromatic heterocycles. The molecule has 14 heteroatoms. The van der Waals surface area contributed by atoms with E-state index in [1.165, 1.54) is 10.9 Å². The Hall–Kier alpha value is -2.17. The van der Waals surface area contributed by atoms with Crippen molar-refractivity contribution in [3.05, 3.63) is 24.2 Å². The Bertz CT molecular complexity index is 821. The zero-order chi connectivity index (χ0) is 22.5. The Balaban J connectivity index is 1.56. The van der Waals surface area contributed by atoms with E-state index in [2.05, 4.69) is 26.3 Å². The van der Waals surface area contributed by atoms with Gasteiger partial charge in [0.15, 0.2) is 12.5 Å². The number of fused-ring (bicyclic) bond motifs is 1. The normalized spacial score (nSPS) is 28.8. The van der Waals surface area contributed by atoms with Gasteiger partial charge in [-0.2, -0.15) is 0 Å². The zero-order valence-electron chi connectivity index (χ0n) is 16.5. The maximum absolute atomic E-state index is 11.5. The van der Waals surface area contributed by atoms with Gasteiger partial charge in [-0.1, -0.05) is 24.4 Å². The lowest BCUT2D eigenvalue weighted by Crippen LogP contribution is -2.54. The van der Waals surface area contributed by atoms with E-state index in [0.717, 1.165) is 0 Å². The van der Waals surface area contributed by atoms with Crippen molar-refractivity contribution < 1.29 is 30.0 Å². The zero-order valence-corrected chi connectivity index (χ0v) is 17.3. The molecule has 3 heterocycles. The first kappa shape index (κ1) is 23.5. The summed E-state index contributed by atoms with van der Waals surface area (Å²) in [6.45, 7) is -0.161. The average molecular weight is 458 g/mol. The molecule has 1 aromatic rings. The number of hydrogen-bond donors (Lipinski definition) is 9. The third kappa shape index (κ3) is 5.19. The van der Waals surface area contributed by atoms with Crippen LogP contribution in [0.5, 0.6) is 0 Å². The largest absolute Gasteiger partial charge is 0.394 e. The molecular weight excluding hydrogens is 430 g/mol. The molecule has 13 nitrogen and oxygen atoms in total. The van der Waals surface area contributed by atoms with Gasteiger partial charge in [0.05, 0.1) is 19.5 Å². The van der Waals surface area contributed by atoms with Gasteiger partial charge in [0.25, 0.3) is 0 Å². The molecule has 172 valence electrons. The molecule has 1 amide bonds. The van der Waals surface area contributed by atoms with Crippen molar-refractivity contribution in [3.63, 3.8) is 0 Å². The van der Waals surface area contributed by atoms with Crippen molar-refractivity contribution in [2.75, 3.05) is 31.6 Å². The van der Waals surface area contributed by atoms with Crippen molar-refractivity contribution >= 4 is 28.9 Å². The van der Waals surface area contributed by atoms with Crippen LogP contribution in [0.3, 0.4) is 0 Å². The van der Waals surface area contributed by atoms with Crippen LogP contribution >= 0.6 is 12.2 Å². The molecule has 10 N–H and O–H groups in total. The fourth-order valence-corrected chi connectivity index (χ4v) is 3.44. The Morgan fingerprint density at radius 1 is 1.32 bits per heavy atom. The number of carbonyl (C=O) groups is 1. The van der Waals surface area contributed by atoms with E-state index >= 15 is 0 Å². The fourth-order valence-electron chi connectivity index (χ4n) is 3.17. The molecule has 31 heavy (non-hydrogen) atoms. The van der Waals surface area contributed by atoms with Crippen LogP contribution in [0.25, 0.3) is 0 Å². The summed E-state index contributed by atoms with van der Waals surface area (Å²) < 4.78 is 7.09. The van der Waals surface area contributed by atoms with E-state index in [-0.39, 0.29) is 6.54 Å². The topological polar surface area (TPSA) is 199 Å². The summed E-state index contributed by atoms with van der Waals surface area (Å²) in [4.78, 5) is 16.1. The van der Waals surface area contributed by atoms with Gasteiger partial charge < -0.3 is 46.8 Å². The van der Waals surface area contributed by atoms with Gasteiger partial charge in [0, 0.05) is 13.1 Å². The number of nitrogens with one attached hydrogen (secondary N) is 4. The highest BCUT2D eigenvalue weighted by molar-refractivity contribution is 7.80. The number of nitrogens with zero attached hydrogens (tertiary/aromatic N) is 2. The van der Waals surface area contributed by atoms with Gasteiger partial charge in [-0.05, 0) is 0 Å². The van der Waals surface area contributed by atoms with Gasteiger partial charge in [0.1, 0.15) is 40.9 Å². The second-order valence-corrected chi connectivity index (χ2v) is 7.45. The van der Waals surface area contributed by atoms with Crippen LogP contribution in [0.15, 0.2) is 18.5 Å². The summed E-state index contributed by atoms with van der Waals surface area (Å²) in [6, 6.07) is -0.946. The Kier molecular flexibility index (Phi) is 7.90. The molecular formula is C17H27N7O6S. The second kappa shape index (κ2) is 10.4. The fraction of sp³-hybridized carbons (Fsp3) is 0.588. The minimum atomic E-state index is -1.25. The first-order valence-corrected chi connectivity index (χ1v) is 10.1. The predicted molar refractivity (Wildman–Crippen MR) is 113 cm³/mol. The maximum atomic E-state index is 11.5. The molecule has 1 saturated heterocycles. The number of rotatable bonds is 9. The highest BCUT2D eigenvalue weighted by Gasteiger charge is 2.44. The van der Waals surface area contributed by atoms with Crippen LogP contribution in [-0.2, 0) is 9.53 Å². The standard InChI is InChI=1S/C17H27N7O6S/c18-8(5-25)14(29)19-3-1-2-4-20-17-22-13-10(15(31)23-17)21-7-24(13)16-12(28)11(27)9(6-26)30-16/h1-2,7-9,11-12,16-17,20,22,25-28H,3-6,18H2,(H,19,29)(H,23,31)/b2-1+/t8?,9-,11+,12?,16?,17?/m1/s1. The predicted octanol–water partition coefficient (Wildman–Crippen LogP) is -3.95. The highest BCUT2D eigenvalue weighted by Crippen LogP contribution is 2.33. The van der Waals surface area contributed by atoms with E-state index in [1.807, 2.05) is 0 Å². The Morgan fingerprint density at radius 2 is 2.06 bits per heavy atom. The van der Waals surface area contributed by atoms with Crippen LogP contribution in [0.1, 0.15) is 11.9 Å². The first-order chi connectivity index (χ1) is 14.9. The third-order valence-electron chi connectivity index (χ3n) is 4.89. The Labute approximate surface area is 183 Å². The first-order valence-electron chi connectivity index (χ1n) is 9.66. The summed E-state index contributed by atoms with van der Waals surface area (Å²) in [5.74, 6) is 0.0528. The summed E-state index contributed by atoms with van der Waals surface area (Å²) >= 11 is 5.35. The van der Waals surface area contributed by atoms with Gasteiger partial charge in [-0.25, -0.2) is 4.98 Å². The number of aromatic nitrogens is 2. The van der Waals surface area contributed by atoms with Crippen LogP contribution in [0.2, 0.25) is 0 Å². The van der Waals surface area contributed by atoms with Crippen LogP contribution in [-0.4, -0.2) is 97.8 Å². The Morgan fingerprint density at radius 3 is 2.74 bits per heavy atom. The number of amides is 1. The lowest BCUT2D eigenvalue weighted by molar-refractivity contribution is -0.122. The number of ether oxygens (including phenoxy) is 1. The summed E-state index contributed by atoms with van der Waals surface area (Å²) in [5, 5.41) is 50.3. The van der Waals surface area contributed by atoms with Gasteiger partial charge in [0.2, 0.25) is 5.91 Å². The van der Waals surface area contributed by atoms with E-state index in [0.29, 0.717) is 23.0 Å². The molecule has 2 aliphatic rings. The summed E-state index contributed by atoms with van der Waals surface area (Å²) in [7, 11) is 0. The summed E-state index contributed by atoms with van der Waals surface area (Å²) in [5.41, 5.74) is 5.86. The van der Waals surface area contributed by atoms with Crippen molar-refractivity contribution in [1.82, 2.24) is 25.5 Å². The minimum Gasteiger partial charge on any atom is -0.394 e. The molecule has 6 atom stereocenters. The lowest BCUT2D eigenvalue weighted by Gasteiger charge is -2.30. The quantitative estimate of drug-likeness (QED) is 0.129. The number of aliphatic hydroxyl groups excluding tert-OH is 4. The lowest BCUT2D eigenvalue weighted by atomic mass is 10.1. The number of nitrogens with two attached hydrogens (primary N) is 1. The number of anilines is 1. The van der Waals surface area contributed by atoms with Crippen molar-refractivity contribution in [2.24, 2.45) is 5.73 Å². The molecule has 3 rings (SSSR count). The van der Waals surface area contributed by atoms with E-state index in [4.69, 9.17) is 27.8 Å². The van der Waals surface area contributed by atoms with Crippen LogP contribution in [0.4, 0.5) is 5.82 Å². The van der Waals surface area contributed by atoms with Crippen LogP contribution < -0.4 is 27.0 Å². The van der Waals surface area contributed by atoms with Crippen LogP contribution in [0, 0.1) is 0 Å². The number of hydrogen-bond acceptors (Lipinski definition) is 11. The molecule has 0 aliphatic carbocycles. The van der Waals surface area contributed by atoms with E-state index in [9.17, 15) is 20.1 Å². The van der Waals surface area contributed by atoms with Crippen molar-refractivity contribution in [2.45, 2.75) is 36.9 Å². The SMILES string of the molecule is NC(CO)C(=O)NC/C=C/CNC1NC(=S)c2ncn(C3O[C@H](CO)[C@H](O)C3O)c2N1. The smallest absolute Gasteiger partial charge is 0.239 e.